The summed E-state index contributed by atoms with van der Waals surface area (Å²) in [6.45, 7) is -2.00. The molecule has 7 heteroatoms. The van der Waals surface area contributed by atoms with E-state index in [2.05, 4.69) is 31.9 Å². The molecule has 3 rings (SSSR count). The third-order valence-corrected chi connectivity index (χ3v) is 3.78. The van der Waals surface area contributed by atoms with E-state index in [-0.39, 0.29) is 5.75 Å². The molecule has 0 aliphatic rings. The van der Waals surface area contributed by atoms with Gasteiger partial charge in [0.2, 0.25) is 0 Å². The van der Waals surface area contributed by atoms with Crippen LogP contribution >= 0.6 is 0 Å². The van der Waals surface area contributed by atoms with Crippen LogP contribution in [-0.4, -0.2) is 40.4 Å². The maximum absolute atomic E-state index is 12.2. The van der Waals surface area contributed by atoms with E-state index in [1.165, 1.54) is 17.7 Å². The summed E-state index contributed by atoms with van der Waals surface area (Å²) in [6, 6.07) is 14.4. The van der Waals surface area contributed by atoms with E-state index in [0.717, 1.165) is 23.5 Å². The molecule has 2 aromatic carbocycles. The number of benzene rings is 2. The molecule has 0 N–H and O–H groups in total. The minimum absolute atomic E-state index is 0.108. The van der Waals surface area contributed by atoms with Crippen LogP contribution in [0.5, 0.6) is 5.75 Å². The van der Waals surface area contributed by atoms with Gasteiger partial charge in [-0.25, -0.2) is 9.67 Å². The average Bonchev–Trinajstić information content (AvgIpc) is 2.96. The van der Waals surface area contributed by atoms with Crippen molar-refractivity contribution in [3.8, 4) is 28.5 Å². The van der Waals surface area contributed by atoms with Gasteiger partial charge in [-0.05, 0) is 50.0 Å². The van der Waals surface area contributed by atoms with Crippen LogP contribution in [-0.2, 0) is 13.6 Å². The zero-order chi connectivity index (χ0) is 18.7. The van der Waals surface area contributed by atoms with Crippen molar-refractivity contribution in [2.75, 3.05) is 14.1 Å². The van der Waals surface area contributed by atoms with Crippen molar-refractivity contribution in [1.82, 2.24) is 19.7 Å². The fourth-order valence-corrected chi connectivity index (χ4v) is 2.72. The molecule has 0 spiro atoms. The highest BCUT2D eigenvalue weighted by atomic mass is 19.3. The van der Waals surface area contributed by atoms with E-state index in [1.807, 2.05) is 33.3 Å². The normalized spacial score (nSPS) is 11.3. The van der Waals surface area contributed by atoms with Crippen LogP contribution in [0.15, 0.2) is 48.5 Å². The molecule has 0 fully saturated rings. The van der Waals surface area contributed by atoms with Gasteiger partial charge < -0.3 is 9.64 Å². The number of ether oxygens (including phenoxy) is 1. The second-order valence-corrected chi connectivity index (χ2v) is 6.22. The number of hydrogen-bond donors (Lipinski definition) is 0. The van der Waals surface area contributed by atoms with Crippen molar-refractivity contribution in [3.05, 3.63) is 54.1 Å². The molecule has 0 radical (unpaired) electrons. The van der Waals surface area contributed by atoms with Crippen molar-refractivity contribution in [2.45, 2.75) is 13.2 Å². The number of halogens is 2. The van der Waals surface area contributed by atoms with Gasteiger partial charge in [0.1, 0.15) is 5.75 Å². The number of nitrogens with zero attached hydrogens (tertiary/aromatic N) is 4. The Hall–Kier alpha value is -2.80. The molecule has 3 aromatic rings. The minimum atomic E-state index is -2.84. The van der Waals surface area contributed by atoms with Gasteiger partial charge in [-0.2, -0.15) is 13.9 Å². The monoisotopic (exact) mass is 358 g/mol. The Morgan fingerprint density at radius 3 is 2.46 bits per heavy atom. The molecule has 0 atom stereocenters. The van der Waals surface area contributed by atoms with Gasteiger partial charge in [-0.15, -0.1) is 0 Å². The molecule has 0 amide bonds. The maximum atomic E-state index is 12.2. The molecule has 136 valence electrons. The predicted molar refractivity (Wildman–Crippen MR) is 95.9 cm³/mol. The quantitative estimate of drug-likeness (QED) is 0.672. The van der Waals surface area contributed by atoms with Crippen molar-refractivity contribution >= 4 is 0 Å². The summed E-state index contributed by atoms with van der Waals surface area (Å²) in [5.41, 5.74) is 2.90. The van der Waals surface area contributed by atoms with E-state index in [1.54, 1.807) is 16.8 Å². The number of rotatable bonds is 6. The molecule has 0 unspecified atom stereocenters. The molecule has 0 aliphatic carbocycles. The number of aryl methyl sites for hydroxylation is 1. The largest absolute Gasteiger partial charge is 0.435 e. The summed E-state index contributed by atoms with van der Waals surface area (Å²) in [6.07, 6.45) is 0. The Bertz CT molecular complexity index is 876. The lowest BCUT2D eigenvalue weighted by Crippen LogP contribution is -2.10. The van der Waals surface area contributed by atoms with Crippen molar-refractivity contribution in [1.29, 1.82) is 0 Å². The molecule has 1 heterocycles. The van der Waals surface area contributed by atoms with Crippen LogP contribution in [0, 0.1) is 0 Å². The van der Waals surface area contributed by atoms with Crippen LogP contribution in [0.1, 0.15) is 5.56 Å². The Morgan fingerprint density at radius 2 is 1.81 bits per heavy atom. The highest BCUT2D eigenvalue weighted by Gasteiger charge is 2.12. The summed E-state index contributed by atoms with van der Waals surface area (Å²) in [5.74, 6) is 1.38. The highest BCUT2D eigenvalue weighted by Crippen LogP contribution is 2.25. The first-order chi connectivity index (χ1) is 12.4. The standard InChI is InChI=1S/C19H20F2N4O/c1-24(2)12-13-5-4-6-15(11-13)18-22-17(23-25(18)3)14-7-9-16(10-8-14)26-19(20)21/h4-11,19H,12H2,1-3H3. The van der Waals surface area contributed by atoms with Crippen LogP contribution in [0.2, 0.25) is 0 Å². The lowest BCUT2D eigenvalue weighted by molar-refractivity contribution is -0.0498. The van der Waals surface area contributed by atoms with E-state index in [4.69, 9.17) is 0 Å². The van der Waals surface area contributed by atoms with Gasteiger partial charge >= 0.3 is 6.61 Å². The molecule has 1 aromatic heterocycles. The zero-order valence-electron chi connectivity index (χ0n) is 14.9. The third kappa shape index (κ3) is 4.23. The van der Waals surface area contributed by atoms with E-state index >= 15 is 0 Å². The first kappa shape index (κ1) is 18.0. The van der Waals surface area contributed by atoms with E-state index in [0.29, 0.717) is 5.82 Å². The first-order valence-electron chi connectivity index (χ1n) is 8.12. The van der Waals surface area contributed by atoms with Gasteiger partial charge in [0.05, 0.1) is 0 Å². The molecule has 5 nitrogen and oxygen atoms in total. The summed E-state index contributed by atoms with van der Waals surface area (Å²) >= 11 is 0. The Labute approximate surface area is 150 Å². The van der Waals surface area contributed by atoms with Crippen LogP contribution in [0.25, 0.3) is 22.8 Å². The van der Waals surface area contributed by atoms with E-state index < -0.39 is 6.61 Å². The first-order valence-corrected chi connectivity index (χ1v) is 8.12. The van der Waals surface area contributed by atoms with Gasteiger partial charge in [-0.3, -0.25) is 0 Å². The third-order valence-electron chi connectivity index (χ3n) is 3.78. The summed E-state index contributed by atoms with van der Waals surface area (Å²) in [5, 5.41) is 4.44. The lowest BCUT2D eigenvalue weighted by atomic mass is 10.1. The Morgan fingerprint density at radius 1 is 1.08 bits per heavy atom. The fraction of sp³-hybridized carbons (Fsp3) is 0.263. The SMILES string of the molecule is CN(C)Cc1cccc(-c2nc(-c3ccc(OC(F)F)cc3)nn2C)c1. The lowest BCUT2D eigenvalue weighted by Gasteiger charge is -2.10. The van der Waals surface area contributed by atoms with Crippen LogP contribution in [0.3, 0.4) is 0 Å². The molecule has 0 aliphatic heterocycles. The zero-order valence-corrected chi connectivity index (χ0v) is 14.9. The molecular weight excluding hydrogens is 338 g/mol. The van der Waals surface area contributed by atoms with Crippen molar-refractivity contribution < 1.29 is 13.5 Å². The average molecular weight is 358 g/mol. The molecular formula is C19H20F2N4O. The summed E-state index contributed by atoms with van der Waals surface area (Å²) in [7, 11) is 5.88. The van der Waals surface area contributed by atoms with Crippen LogP contribution in [0.4, 0.5) is 8.78 Å². The van der Waals surface area contributed by atoms with Crippen LogP contribution < -0.4 is 4.74 Å². The second-order valence-electron chi connectivity index (χ2n) is 6.22. The van der Waals surface area contributed by atoms with Crippen molar-refractivity contribution in [3.63, 3.8) is 0 Å². The van der Waals surface area contributed by atoms with Gasteiger partial charge in [-0.1, -0.05) is 18.2 Å². The van der Waals surface area contributed by atoms with Gasteiger partial charge in [0, 0.05) is 24.7 Å². The molecule has 0 bridgehead atoms. The number of hydrogen-bond acceptors (Lipinski definition) is 4. The minimum Gasteiger partial charge on any atom is -0.435 e. The second kappa shape index (κ2) is 7.61. The number of aromatic nitrogens is 3. The molecule has 26 heavy (non-hydrogen) atoms. The Balaban J connectivity index is 1.87. The smallest absolute Gasteiger partial charge is 0.387 e. The maximum Gasteiger partial charge on any atom is 0.387 e. The Kier molecular flexibility index (Phi) is 5.27. The topological polar surface area (TPSA) is 43.2 Å². The predicted octanol–water partition coefficient (Wildman–Crippen LogP) is 3.81. The van der Waals surface area contributed by atoms with Gasteiger partial charge in [0.15, 0.2) is 11.6 Å². The summed E-state index contributed by atoms with van der Waals surface area (Å²) in [4.78, 5) is 6.71. The van der Waals surface area contributed by atoms with Gasteiger partial charge in [0.25, 0.3) is 0 Å². The van der Waals surface area contributed by atoms with Crippen molar-refractivity contribution in [2.24, 2.45) is 7.05 Å². The number of alkyl halides is 2. The highest BCUT2D eigenvalue weighted by molar-refractivity contribution is 5.62. The van der Waals surface area contributed by atoms with E-state index in [9.17, 15) is 8.78 Å². The molecule has 0 saturated heterocycles. The fourth-order valence-electron chi connectivity index (χ4n) is 2.72. The summed E-state index contributed by atoms with van der Waals surface area (Å²) < 4.78 is 30.6. The molecule has 0 saturated carbocycles.